The summed E-state index contributed by atoms with van der Waals surface area (Å²) < 4.78 is 14.1. The summed E-state index contributed by atoms with van der Waals surface area (Å²) in [5.74, 6) is 0. The Morgan fingerprint density at radius 2 is 1.88 bits per heavy atom. The first-order valence-electron chi connectivity index (χ1n) is 6.10. The van der Waals surface area contributed by atoms with E-state index in [4.69, 9.17) is 0 Å². The highest BCUT2D eigenvalue weighted by Gasteiger charge is 2.31. The van der Waals surface area contributed by atoms with Gasteiger partial charge in [0.1, 0.15) is 0 Å². The molecule has 0 amide bonds. The van der Waals surface area contributed by atoms with Crippen LogP contribution in [0.5, 0.6) is 0 Å². The first-order valence-corrected chi connectivity index (χ1v) is 6.10. The van der Waals surface area contributed by atoms with E-state index >= 15 is 0 Å². The molecule has 0 aliphatic carbocycles. The third kappa shape index (κ3) is 3.67. The van der Waals surface area contributed by atoms with Gasteiger partial charge in [-0.15, -0.1) is 0 Å². The van der Waals surface area contributed by atoms with Crippen LogP contribution >= 0.6 is 0 Å². The molecule has 0 aromatic heterocycles. The average molecular weight is 236 g/mol. The van der Waals surface area contributed by atoms with Crippen LogP contribution in [0.25, 0.3) is 0 Å². The fraction of sp³-hybridized carbons (Fsp3) is 0.467. The number of halogens is 1. The second kappa shape index (κ2) is 5.97. The maximum atomic E-state index is 14.1. The van der Waals surface area contributed by atoms with Crippen LogP contribution in [0.4, 0.5) is 4.39 Å². The van der Waals surface area contributed by atoms with Gasteiger partial charge >= 0.3 is 0 Å². The van der Waals surface area contributed by atoms with Crippen LogP contribution in [0, 0.1) is 0 Å². The number of hydrogen-bond acceptors (Lipinski definition) is 1. The maximum absolute atomic E-state index is 14.1. The van der Waals surface area contributed by atoms with Crippen molar-refractivity contribution in [3.8, 4) is 0 Å². The molecule has 0 radical (unpaired) electrons. The number of aliphatic hydroxyl groups is 1. The molecule has 0 fully saturated rings. The summed E-state index contributed by atoms with van der Waals surface area (Å²) in [7, 11) is 0. The number of allylic oxidation sites excluding steroid dienone is 2. The predicted octanol–water partition coefficient (Wildman–Crippen LogP) is 3.76. The quantitative estimate of drug-likeness (QED) is 0.772. The van der Waals surface area contributed by atoms with Crippen LogP contribution in [0.3, 0.4) is 0 Å². The molecule has 94 valence electrons. The third-order valence-corrected chi connectivity index (χ3v) is 3.06. The van der Waals surface area contributed by atoms with E-state index in [9.17, 15) is 9.50 Å². The van der Waals surface area contributed by atoms with E-state index in [0.29, 0.717) is 5.56 Å². The van der Waals surface area contributed by atoms with Gasteiger partial charge in [0.2, 0.25) is 0 Å². The second-order valence-electron chi connectivity index (χ2n) is 4.53. The van der Waals surface area contributed by atoms with E-state index in [-0.39, 0.29) is 0 Å². The van der Waals surface area contributed by atoms with Gasteiger partial charge in [0.25, 0.3) is 0 Å². The lowest BCUT2D eigenvalue weighted by Gasteiger charge is -2.24. The van der Waals surface area contributed by atoms with Crippen LogP contribution in [0.2, 0.25) is 0 Å². The van der Waals surface area contributed by atoms with E-state index in [1.165, 1.54) is 13.8 Å². The topological polar surface area (TPSA) is 20.2 Å². The fourth-order valence-electron chi connectivity index (χ4n) is 1.59. The monoisotopic (exact) mass is 236 g/mol. The molecular weight excluding hydrogens is 215 g/mol. The standard InChI is InChI=1S/C15H21FO/c1-4-5-6-7-13-8-10-14(11-9-13)15(3,16)12(2)17/h5-6,8-12,17H,4,7H2,1-3H3/b6-5+. The molecule has 0 heterocycles. The van der Waals surface area contributed by atoms with E-state index < -0.39 is 11.8 Å². The minimum absolute atomic E-state index is 0.524. The van der Waals surface area contributed by atoms with Gasteiger partial charge in [0.05, 0.1) is 6.10 Å². The minimum atomic E-state index is -1.68. The predicted molar refractivity (Wildman–Crippen MR) is 69.7 cm³/mol. The molecule has 1 aromatic carbocycles. The van der Waals surface area contributed by atoms with Gasteiger partial charge < -0.3 is 5.11 Å². The lowest BCUT2D eigenvalue weighted by molar-refractivity contribution is 0.0135. The van der Waals surface area contributed by atoms with E-state index in [0.717, 1.165) is 18.4 Å². The zero-order chi connectivity index (χ0) is 12.9. The summed E-state index contributed by atoms with van der Waals surface area (Å²) in [5, 5.41) is 9.39. The molecule has 1 nitrogen and oxygen atoms in total. The van der Waals surface area contributed by atoms with Crippen molar-refractivity contribution < 1.29 is 9.50 Å². The van der Waals surface area contributed by atoms with Gasteiger partial charge in [-0.2, -0.15) is 0 Å². The largest absolute Gasteiger partial charge is 0.390 e. The van der Waals surface area contributed by atoms with Crippen molar-refractivity contribution >= 4 is 0 Å². The third-order valence-electron chi connectivity index (χ3n) is 3.06. The summed E-state index contributed by atoms with van der Waals surface area (Å²) in [6.07, 6.45) is 5.11. The van der Waals surface area contributed by atoms with Crippen molar-refractivity contribution in [1.29, 1.82) is 0 Å². The molecule has 0 saturated heterocycles. The van der Waals surface area contributed by atoms with Crippen molar-refractivity contribution in [2.24, 2.45) is 0 Å². The minimum Gasteiger partial charge on any atom is -0.390 e. The Balaban J connectivity index is 2.78. The fourth-order valence-corrected chi connectivity index (χ4v) is 1.59. The Morgan fingerprint density at radius 1 is 1.29 bits per heavy atom. The van der Waals surface area contributed by atoms with Gasteiger partial charge in [0.15, 0.2) is 5.67 Å². The molecule has 0 aliphatic rings. The summed E-state index contributed by atoms with van der Waals surface area (Å²) >= 11 is 0. The van der Waals surface area contributed by atoms with Gasteiger partial charge in [-0.3, -0.25) is 0 Å². The zero-order valence-corrected chi connectivity index (χ0v) is 10.8. The van der Waals surface area contributed by atoms with E-state index in [1.54, 1.807) is 12.1 Å². The molecule has 1 N–H and O–H groups in total. The van der Waals surface area contributed by atoms with Crippen LogP contribution in [0.1, 0.15) is 38.3 Å². The highest BCUT2D eigenvalue weighted by atomic mass is 19.1. The molecule has 0 bridgehead atoms. The van der Waals surface area contributed by atoms with Gasteiger partial charge in [-0.05, 0) is 37.8 Å². The van der Waals surface area contributed by atoms with Gasteiger partial charge in [-0.25, -0.2) is 4.39 Å². The number of aliphatic hydroxyl groups excluding tert-OH is 1. The Kier molecular flexibility index (Phi) is 4.88. The van der Waals surface area contributed by atoms with Crippen molar-refractivity contribution in [3.05, 3.63) is 47.5 Å². The molecule has 2 unspecified atom stereocenters. The molecule has 17 heavy (non-hydrogen) atoms. The Hall–Kier alpha value is -1.15. The number of hydrogen-bond donors (Lipinski definition) is 1. The lowest BCUT2D eigenvalue weighted by atomic mass is 9.92. The summed E-state index contributed by atoms with van der Waals surface area (Å²) in [5.41, 5.74) is -0.00630. The van der Waals surface area contributed by atoms with E-state index in [1.807, 2.05) is 12.1 Å². The average Bonchev–Trinajstić information content (AvgIpc) is 2.30. The molecule has 1 aromatic rings. The first kappa shape index (κ1) is 13.9. The highest BCUT2D eigenvalue weighted by Crippen LogP contribution is 2.29. The number of alkyl halides is 1. The van der Waals surface area contributed by atoms with Crippen LogP contribution in [0.15, 0.2) is 36.4 Å². The Bertz CT molecular complexity index is 363. The van der Waals surface area contributed by atoms with E-state index in [2.05, 4.69) is 19.1 Å². The summed E-state index contributed by atoms with van der Waals surface area (Å²) in [4.78, 5) is 0. The maximum Gasteiger partial charge on any atom is 0.158 e. The smallest absolute Gasteiger partial charge is 0.158 e. The summed E-state index contributed by atoms with van der Waals surface area (Å²) in [6, 6.07) is 7.33. The normalized spacial score (nSPS) is 17.0. The molecule has 2 atom stereocenters. The molecular formula is C15H21FO. The molecule has 0 saturated carbocycles. The number of rotatable bonds is 5. The highest BCUT2D eigenvalue weighted by molar-refractivity contribution is 5.28. The molecule has 0 spiro atoms. The number of benzene rings is 1. The van der Waals surface area contributed by atoms with Gasteiger partial charge in [0, 0.05) is 0 Å². The lowest BCUT2D eigenvalue weighted by Crippen LogP contribution is -2.29. The summed E-state index contributed by atoms with van der Waals surface area (Å²) in [6.45, 7) is 4.97. The SMILES string of the molecule is CC/C=C/Cc1ccc(C(C)(F)C(C)O)cc1. The van der Waals surface area contributed by atoms with Crippen LogP contribution in [-0.2, 0) is 12.1 Å². The molecule has 0 aliphatic heterocycles. The Labute approximate surface area is 103 Å². The van der Waals surface area contributed by atoms with Crippen LogP contribution in [-0.4, -0.2) is 11.2 Å². The van der Waals surface area contributed by atoms with Crippen molar-refractivity contribution in [3.63, 3.8) is 0 Å². The molecule has 2 heteroatoms. The Morgan fingerprint density at radius 3 is 2.35 bits per heavy atom. The van der Waals surface area contributed by atoms with Crippen molar-refractivity contribution in [1.82, 2.24) is 0 Å². The van der Waals surface area contributed by atoms with Crippen molar-refractivity contribution in [2.75, 3.05) is 0 Å². The molecule has 1 rings (SSSR count). The zero-order valence-electron chi connectivity index (χ0n) is 10.8. The van der Waals surface area contributed by atoms with Gasteiger partial charge in [-0.1, -0.05) is 43.3 Å². The van der Waals surface area contributed by atoms with Crippen molar-refractivity contribution in [2.45, 2.75) is 45.4 Å². The first-order chi connectivity index (χ1) is 7.98. The van der Waals surface area contributed by atoms with Crippen LogP contribution < -0.4 is 0 Å². The second-order valence-corrected chi connectivity index (χ2v) is 4.53.